The number of benzene rings is 2. The van der Waals surface area contributed by atoms with E-state index in [1.54, 1.807) is 24.3 Å². The van der Waals surface area contributed by atoms with Crippen LogP contribution in [0.1, 0.15) is 23.2 Å². The molecule has 2 aromatic carbocycles. The van der Waals surface area contributed by atoms with Crippen molar-refractivity contribution in [2.24, 2.45) is 5.92 Å². The number of aromatic nitrogens is 1. The molecule has 0 radical (unpaired) electrons. The number of aromatic amines is 1. The van der Waals surface area contributed by atoms with Crippen LogP contribution in [0.5, 0.6) is 0 Å². The number of hydrogen-bond acceptors (Lipinski definition) is 1. The Kier molecular flexibility index (Phi) is 3.99. The van der Waals surface area contributed by atoms with Crippen molar-refractivity contribution in [1.82, 2.24) is 10.3 Å². The van der Waals surface area contributed by atoms with Crippen LogP contribution < -0.4 is 5.32 Å². The molecule has 0 fully saturated rings. The molecule has 1 aliphatic carbocycles. The molecular weight excluding hydrogens is 322 g/mol. The fraction of sp³-hybridized carbons (Fsp3) is 0.250. The maximum absolute atomic E-state index is 13.7. The maximum Gasteiger partial charge on any atom is 0.223 e. The first-order valence-corrected chi connectivity index (χ1v) is 8.42. The summed E-state index contributed by atoms with van der Waals surface area (Å²) in [5, 5.41) is 3.68. The highest BCUT2D eigenvalue weighted by Crippen LogP contribution is 2.32. The van der Waals surface area contributed by atoms with E-state index in [-0.39, 0.29) is 30.0 Å². The summed E-state index contributed by atoms with van der Waals surface area (Å²) in [5.74, 6) is -0.859. The van der Waals surface area contributed by atoms with E-state index in [9.17, 15) is 13.6 Å². The first kappa shape index (κ1) is 15.8. The molecule has 1 aliphatic rings. The van der Waals surface area contributed by atoms with Gasteiger partial charge in [-0.05, 0) is 49.1 Å². The van der Waals surface area contributed by atoms with Gasteiger partial charge in [-0.25, -0.2) is 8.78 Å². The van der Waals surface area contributed by atoms with E-state index < -0.39 is 0 Å². The average Bonchev–Trinajstić information content (AvgIpc) is 2.98. The summed E-state index contributed by atoms with van der Waals surface area (Å²) < 4.78 is 27.2. The minimum atomic E-state index is -0.319. The van der Waals surface area contributed by atoms with Crippen molar-refractivity contribution in [2.45, 2.75) is 25.8 Å². The van der Waals surface area contributed by atoms with E-state index in [0.717, 1.165) is 35.0 Å². The van der Waals surface area contributed by atoms with Crippen LogP contribution in [0, 0.1) is 17.6 Å². The summed E-state index contributed by atoms with van der Waals surface area (Å²) in [6.07, 6.45) is 2.05. The number of halogens is 2. The van der Waals surface area contributed by atoms with Crippen molar-refractivity contribution in [2.75, 3.05) is 0 Å². The molecule has 0 bridgehead atoms. The normalized spacial score (nSPS) is 16.6. The largest absolute Gasteiger partial charge is 0.358 e. The molecule has 25 heavy (non-hydrogen) atoms. The lowest BCUT2D eigenvalue weighted by molar-refractivity contribution is -0.125. The zero-order chi connectivity index (χ0) is 17.4. The van der Waals surface area contributed by atoms with Crippen molar-refractivity contribution in [3.05, 3.63) is 70.9 Å². The zero-order valence-corrected chi connectivity index (χ0v) is 13.6. The van der Waals surface area contributed by atoms with E-state index in [0.29, 0.717) is 12.0 Å². The summed E-state index contributed by atoms with van der Waals surface area (Å²) in [7, 11) is 0. The standard InChI is InChI=1S/C20H18F2N2O/c21-14-6-8-19-16(10-14)15-9-12(5-7-18(15)24-19)20(25)23-11-13-3-1-2-4-17(13)22/h1-4,6,8,10,12,24H,5,7,9,11H2,(H,23,25). The number of carbonyl (C=O) groups excluding carboxylic acids is 1. The SMILES string of the molecule is O=C(NCc1ccccc1F)C1CCc2[nH]c3ccc(F)cc3c2C1. The predicted molar refractivity (Wildman–Crippen MR) is 92.0 cm³/mol. The van der Waals surface area contributed by atoms with Gasteiger partial charge < -0.3 is 10.3 Å². The van der Waals surface area contributed by atoms with Crippen molar-refractivity contribution in [3.8, 4) is 0 Å². The Bertz CT molecular complexity index is 948. The number of fused-ring (bicyclic) bond motifs is 3. The van der Waals surface area contributed by atoms with Gasteiger partial charge >= 0.3 is 0 Å². The highest BCUT2D eigenvalue weighted by Gasteiger charge is 2.27. The summed E-state index contributed by atoms with van der Waals surface area (Å²) >= 11 is 0. The number of amides is 1. The lowest BCUT2D eigenvalue weighted by Gasteiger charge is -2.22. The number of aryl methyl sites for hydroxylation is 1. The molecule has 0 aliphatic heterocycles. The Morgan fingerprint density at radius 2 is 2.04 bits per heavy atom. The van der Waals surface area contributed by atoms with E-state index in [1.165, 1.54) is 18.2 Å². The van der Waals surface area contributed by atoms with Gasteiger partial charge in [-0.1, -0.05) is 18.2 Å². The number of rotatable bonds is 3. The highest BCUT2D eigenvalue weighted by molar-refractivity contribution is 5.87. The molecule has 5 heteroatoms. The van der Waals surface area contributed by atoms with Crippen molar-refractivity contribution < 1.29 is 13.6 Å². The van der Waals surface area contributed by atoms with Gasteiger partial charge in [0.05, 0.1) is 0 Å². The summed E-state index contributed by atoms with van der Waals surface area (Å²) in [4.78, 5) is 15.8. The van der Waals surface area contributed by atoms with Gasteiger partial charge in [0, 0.05) is 34.6 Å². The molecular formula is C20H18F2N2O. The lowest BCUT2D eigenvalue weighted by Crippen LogP contribution is -2.33. The average molecular weight is 340 g/mol. The summed E-state index contributed by atoms with van der Waals surface area (Å²) in [6.45, 7) is 0.178. The van der Waals surface area contributed by atoms with Crippen LogP contribution >= 0.6 is 0 Å². The molecule has 2 N–H and O–H groups in total. The summed E-state index contributed by atoms with van der Waals surface area (Å²) in [5.41, 5.74) is 3.48. The molecule has 1 aromatic heterocycles. The van der Waals surface area contributed by atoms with Gasteiger partial charge in [0.25, 0.3) is 0 Å². The lowest BCUT2D eigenvalue weighted by atomic mass is 9.85. The van der Waals surface area contributed by atoms with Crippen LogP contribution in [-0.4, -0.2) is 10.9 Å². The second kappa shape index (κ2) is 6.31. The van der Waals surface area contributed by atoms with Crippen molar-refractivity contribution >= 4 is 16.8 Å². The number of carbonyl (C=O) groups is 1. The molecule has 0 saturated carbocycles. The molecule has 1 heterocycles. The van der Waals surface area contributed by atoms with Gasteiger partial charge in [-0.2, -0.15) is 0 Å². The van der Waals surface area contributed by atoms with Crippen LogP contribution in [0.15, 0.2) is 42.5 Å². The quantitative estimate of drug-likeness (QED) is 0.747. The fourth-order valence-electron chi connectivity index (χ4n) is 3.58. The summed E-state index contributed by atoms with van der Waals surface area (Å²) in [6, 6.07) is 11.1. The third kappa shape index (κ3) is 3.02. The molecule has 1 atom stereocenters. The minimum absolute atomic E-state index is 0.0837. The number of H-pyrrole nitrogens is 1. The Morgan fingerprint density at radius 1 is 1.20 bits per heavy atom. The molecule has 3 aromatic rings. The topological polar surface area (TPSA) is 44.9 Å². The van der Waals surface area contributed by atoms with E-state index in [4.69, 9.17) is 0 Å². The van der Waals surface area contributed by atoms with Crippen molar-refractivity contribution in [3.63, 3.8) is 0 Å². The second-order valence-corrected chi connectivity index (χ2v) is 6.52. The zero-order valence-electron chi connectivity index (χ0n) is 13.6. The number of nitrogens with one attached hydrogen (secondary N) is 2. The predicted octanol–water partition coefficient (Wildman–Crippen LogP) is 3.87. The molecule has 4 rings (SSSR count). The van der Waals surface area contributed by atoms with Crippen LogP contribution in [0.2, 0.25) is 0 Å². The smallest absolute Gasteiger partial charge is 0.223 e. The van der Waals surface area contributed by atoms with E-state index in [1.807, 2.05) is 0 Å². The Balaban J connectivity index is 1.50. The van der Waals surface area contributed by atoms with Gasteiger partial charge in [-0.15, -0.1) is 0 Å². The highest BCUT2D eigenvalue weighted by atomic mass is 19.1. The third-order valence-electron chi connectivity index (χ3n) is 4.93. The monoisotopic (exact) mass is 340 g/mol. The first-order valence-electron chi connectivity index (χ1n) is 8.42. The van der Waals surface area contributed by atoms with Gasteiger partial charge in [0.2, 0.25) is 5.91 Å². The van der Waals surface area contributed by atoms with Crippen LogP contribution in [0.3, 0.4) is 0 Å². The second-order valence-electron chi connectivity index (χ2n) is 6.52. The Labute approximate surface area is 144 Å². The molecule has 3 nitrogen and oxygen atoms in total. The molecule has 0 spiro atoms. The first-order chi connectivity index (χ1) is 12.1. The van der Waals surface area contributed by atoms with Crippen LogP contribution in [0.25, 0.3) is 10.9 Å². The molecule has 0 saturated heterocycles. The van der Waals surface area contributed by atoms with E-state index in [2.05, 4.69) is 10.3 Å². The van der Waals surface area contributed by atoms with Gasteiger partial charge in [0.1, 0.15) is 11.6 Å². The van der Waals surface area contributed by atoms with Gasteiger partial charge in [0.15, 0.2) is 0 Å². The number of hydrogen-bond donors (Lipinski definition) is 2. The van der Waals surface area contributed by atoms with Crippen LogP contribution in [-0.2, 0) is 24.2 Å². The molecule has 1 unspecified atom stereocenters. The third-order valence-corrected chi connectivity index (χ3v) is 4.93. The molecule has 1 amide bonds. The Hall–Kier alpha value is -2.69. The molecule has 128 valence electrons. The fourth-order valence-corrected chi connectivity index (χ4v) is 3.58. The van der Waals surface area contributed by atoms with Gasteiger partial charge in [-0.3, -0.25) is 4.79 Å². The van der Waals surface area contributed by atoms with Crippen LogP contribution in [0.4, 0.5) is 8.78 Å². The van der Waals surface area contributed by atoms with E-state index >= 15 is 0 Å². The minimum Gasteiger partial charge on any atom is -0.358 e. The maximum atomic E-state index is 13.7. The van der Waals surface area contributed by atoms with Crippen molar-refractivity contribution in [1.29, 1.82) is 0 Å². The Morgan fingerprint density at radius 3 is 2.88 bits per heavy atom.